The van der Waals surface area contributed by atoms with Crippen LogP contribution in [0.2, 0.25) is 0 Å². The molecule has 0 nitrogen and oxygen atoms in total. The zero-order chi connectivity index (χ0) is 29.1. The molecule has 0 saturated carbocycles. The summed E-state index contributed by atoms with van der Waals surface area (Å²) in [5, 5.41) is 0. The van der Waals surface area contributed by atoms with Gasteiger partial charge in [0.25, 0.3) is 0 Å². The summed E-state index contributed by atoms with van der Waals surface area (Å²) in [6, 6.07) is 21.7. The van der Waals surface area contributed by atoms with Crippen molar-refractivity contribution >= 4 is 6.98 Å². The number of rotatable bonds is 4. The largest absolute Gasteiger partial charge is 1.00 e. The van der Waals surface area contributed by atoms with Crippen molar-refractivity contribution in [3.63, 3.8) is 0 Å². The Morgan fingerprint density at radius 2 is 1.38 bits per heavy atom. The fourth-order valence-electron chi connectivity index (χ4n) is 6.59. The number of aryl methyl sites for hydroxylation is 1. The Labute approximate surface area is 276 Å². The molecule has 2 aliphatic carbocycles. The van der Waals surface area contributed by atoms with E-state index in [-0.39, 0.29) is 35.6 Å². The third-order valence-corrected chi connectivity index (χ3v) is 16.6. The van der Waals surface area contributed by atoms with E-state index in [1.54, 1.807) is 23.3 Å². The molecule has 0 radical (unpaired) electrons. The van der Waals surface area contributed by atoms with Crippen molar-refractivity contribution in [2.45, 2.75) is 93.4 Å². The maximum absolute atomic E-state index is 2.75. The number of benzene rings is 3. The molecule has 0 saturated heterocycles. The van der Waals surface area contributed by atoms with Gasteiger partial charge in [0.15, 0.2) is 0 Å². The maximum Gasteiger partial charge on any atom is -1.00 e. The number of allylic oxidation sites excluding steroid dienone is 4. The number of hydrogen-bond acceptors (Lipinski definition) is 0. The monoisotopic (exact) mass is 676 g/mol. The third kappa shape index (κ3) is 6.75. The average Bonchev–Trinajstić information content (AvgIpc) is 3.38. The number of fused-ring (bicyclic) bond motifs is 3. The Kier molecular flexibility index (Phi) is 10.7. The van der Waals surface area contributed by atoms with Crippen LogP contribution in [0.1, 0.15) is 103 Å². The second-order valence-corrected chi connectivity index (χ2v) is 20.1. The second-order valence-electron chi connectivity index (χ2n) is 14.7. The average molecular weight is 679 g/mol. The summed E-state index contributed by atoms with van der Waals surface area (Å²) < 4.78 is 6.21. The Morgan fingerprint density at radius 1 is 0.786 bits per heavy atom. The summed E-state index contributed by atoms with van der Waals surface area (Å²) in [4.78, 5) is 0. The molecule has 3 heteroatoms. The van der Waals surface area contributed by atoms with Gasteiger partial charge in [0.1, 0.15) is 0 Å². The maximum atomic E-state index is 2.75. The molecule has 0 heterocycles. The van der Waals surface area contributed by atoms with Gasteiger partial charge in [-0.2, -0.15) is 0 Å². The van der Waals surface area contributed by atoms with Gasteiger partial charge in [0.05, 0.1) is 0 Å². The number of hydrogen-bond donors (Lipinski definition) is 0. The molecule has 3 aromatic carbocycles. The first-order valence-corrected chi connectivity index (χ1v) is 19.1. The van der Waals surface area contributed by atoms with Gasteiger partial charge in [-0.25, -0.2) is 0 Å². The topological polar surface area (TPSA) is 0 Å². The van der Waals surface area contributed by atoms with E-state index >= 15 is 0 Å². The second kappa shape index (κ2) is 12.8. The van der Waals surface area contributed by atoms with Crippen molar-refractivity contribution in [1.82, 2.24) is 0 Å². The van der Waals surface area contributed by atoms with E-state index in [0.29, 0.717) is 11.8 Å². The van der Waals surface area contributed by atoms with E-state index in [9.17, 15) is 0 Å². The molecule has 1 atom stereocenters. The van der Waals surface area contributed by atoms with Crippen LogP contribution >= 0.6 is 0 Å². The van der Waals surface area contributed by atoms with Crippen molar-refractivity contribution in [2.24, 2.45) is 11.8 Å². The molecule has 0 bridgehead atoms. The van der Waals surface area contributed by atoms with Gasteiger partial charge in [-0.15, -0.1) is 0 Å². The Hall–Kier alpha value is -1.53. The van der Waals surface area contributed by atoms with Gasteiger partial charge < -0.3 is 24.8 Å². The summed E-state index contributed by atoms with van der Waals surface area (Å²) in [7, 11) is 0. The van der Waals surface area contributed by atoms with Crippen LogP contribution in [0.5, 0.6) is 0 Å². The van der Waals surface area contributed by atoms with Gasteiger partial charge in [0, 0.05) is 0 Å². The molecule has 0 aromatic heterocycles. The minimum atomic E-state index is -2.51. The molecular formula is C39H48Cl2Zr. The third-order valence-electron chi connectivity index (χ3n) is 9.06. The van der Waals surface area contributed by atoms with E-state index in [4.69, 9.17) is 0 Å². The summed E-state index contributed by atoms with van der Waals surface area (Å²) >= 11 is -2.51. The van der Waals surface area contributed by atoms with Crippen LogP contribution in [-0.2, 0) is 38.5 Å². The predicted octanol–water partition coefficient (Wildman–Crippen LogP) is 3.77. The van der Waals surface area contributed by atoms with Crippen molar-refractivity contribution in [1.29, 1.82) is 0 Å². The van der Waals surface area contributed by atoms with E-state index in [0.717, 1.165) is 6.42 Å². The molecule has 0 N–H and O–H groups in total. The van der Waals surface area contributed by atoms with Crippen LogP contribution in [-0.4, -0.2) is 3.71 Å². The van der Waals surface area contributed by atoms with Gasteiger partial charge in [-0.3, -0.25) is 0 Å². The van der Waals surface area contributed by atoms with E-state index in [1.807, 2.05) is 0 Å². The van der Waals surface area contributed by atoms with Gasteiger partial charge >= 0.3 is 253 Å². The molecule has 5 rings (SSSR count). The van der Waals surface area contributed by atoms with Crippen LogP contribution in [0, 0.1) is 18.8 Å². The first-order valence-electron chi connectivity index (χ1n) is 15.2. The van der Waals surface area contributed by atoms with Crippen LogP contribution in [0.15, 0.2) is 75.1 Å². The first kappa shape index (κ1) is 35.0. The van der Waals surface area contributed by atoms with Crippen LogP contribution in [0.3, 0.4) is 0 Å². The minimum Gasteiger partial charge on any atom is -1.00 e. The summed E-state index contributed by atoms with van der Waals surface area (Å²) in [5.74, 6) is 1.08. The molecule has 1 unspecified atom stereocenters. The molecule has 2 aliphatic rings. The van der Waals surface area contributed by atoms with E-state index in [2.05, 4.69) is 141 Å². The molecule has 0 aliphatic heterocycles. The van der Waals surface area contributed by atoms with Gasteiger partial charge in [-0.1, -0.05) is 0 Å². The smallest absolute Gasteiger partial charge is 1.00 e. The minimum absolute atomic E-state index is 0. The molecular weight excluding hydrogens is 631 g/mol. The van der Waals surface area contributed by atoms with Crippen LogP contribution in [0.4, 0.5) is 0 Å². The Balaban J connectivity index is 0.00000242. The molecule has 42 heavy (non-hydrogen) atoms. The van der Waals surface area contributed by atoms with E-state index < -0.39 is 21.3 Å². The van der Waals surface area contributed by atoms with Gasteiger partial charge in [-0.05, 0) is 0 Å². The number of halogens is 2. The summed E-state index contributed by atoms with van der Waals surface area (Å²) in [5.41, 5.74) is 15.1. The van der Waals surface area contributed by atoms with Crippen molar-refractivity contribution in [3.8, 4) is 11.1 Å². The fourth-order valence-corrected chi connectivity index (χ4v) is 14.2. The molecule has 3 aromatic rings. The molecule has 222 valence electrons. The predicted molar refractivity (Wildman–Crippen MR) is 173 cm³/mol. The summed E-state index contributed by atoms with van der Waals surface area (Å²) in [6.45, 7) is 25.9. The molecule has 0 amide bonds. The van der Waals surface area contributed by atoms with Crippen LogP contribution in [0.25, 0.3) is 11.1 Å². The standard InChI is InChI=1S/C21H25.C10H15.C8H8.2ClH.Zr/c1-20(2,3)16-9-7-14-11-15-8-10-17(21(4,5)6)13-19(15)18(14)12-16;1-7(2)10-6-8(3)5-9(10)4;1-7-3-5-8(2)6-4-7;;;/h7,9-10,12-13H,11H2,1-6H3;6-8H,1-4H3;1,3-6H,2H3;2*1H;/q;;;;;+2/p-2. The van der Waals surface area contributed by atoms with Crippen molar-refractivity contribution in [2.75, 3.05) is 0 Å². The quantitative estimate of drug-likeness (QED) is 0.309. The molecule has 0 spiro atoms. The van der Waals surface area contributed by atoms with Gasteiger partial charge in [0.2, 0.25) is 0 Å². The van der Waals surface area contributed by atoms with Crippen molar-refractivity contribution < 1.29 is 46.1 Å². The zero-order valence-electron chi connectivity index (χ0n) is 27.5. The first-order chi connectivity index (χ1) is 18.6. The van der Waals surface area contributed by atoms with Crippen LogP contribution < -0.4 is 28.1 Å². The van der Waals surface area contributed by atoms with Crippen molar-refractivity contribution in [3.05, 3.63) is 108 Å². The fraction of sp³-hybridized carbons (Fsp3) is 0.410. The normalized spacial score (nSPS) is 16.2. The SMILES string of the molecule is CC1=[C](/[Zr+2](=[CH]/c2ccc(C)cc2)[c]2cc(C(C)(C)C)cc3c2Cc2ccc(C(C)(C)C)cc2-3)C(C)C=C1C(C)C.[Cl-].[Cl-]. The zero-order valence-corrected chi connectivity index (χ0v) is 31.4. The Bertz CT molecular complexity index is 1570. The summed E-state index contributed by atoms with van der Waals surface area (Å²) in [6.07, 6.45) is 3.64. The molecule has 0 fully saturated rings. The Morgan fingerprint density at radius 3 is 1.93 bits per heavy atom. The van der Waals surface area contributed by atoms with E-state index in [1.165, 1.54) is 38.9 Å².